The number of aliphatic hydroxyl groups is 1. The molecule has 0 saturated carbocycles. The van der Waals surface area contributed by atoms with Gasteiger partial charge in [-0.05, 0) is 30.7 Å². The summed E-state index contributed by atoms with van der Waals surface area (Å²) in [6.45, 7) is 2.60. The Morgan fingerprint density at radius 2 is 2.42 bits per heavy atom. The molecule has 0 radical (unpaired) electrons. The van der Waals surface area contributed by atoms with Crippen LogP contribution in [0.15, 0.2) is 16.5 Å². The summed E-state index contributed by atoms with van der Waals surface area (Å²) in [4.78, 5) is 0. The molecule has 0 unspecified atom stereocenters. The Morgan fingerprint density at radius 3 is 2.92 bits per heavy atom. The third-order valence-electron chi connectivity index (χ3n) is 1.53. The van der Waals surface area contributed by atoms with Crippen molar-refractivity contribution in [2.45, 2.75) is 19.5 Å². The molecule has 0 aliphatic heterocycles. The van der Waals surface area contributed by atoms with Gasteiger partial charge in [-0.15, -0.1) is 0 Å². The van der Waals surface area contributed by atoms with Crippen LogP contribution in [0.25, 0.3) is 0 Å². The first-order chi connectivity index (χ1) is 5.72. The molecule has 0 aromatic carbocycles. The van der Waals surface area contributed by atoms with Crippen molar-refractivity contribution < 1.29 is 9.52 Å². The number of rotatable bonds is 4. The number of hydrogen-bond donors (Lipinski definition) is 2. The predicted molar refractivity (Wildman–Crippen MR) is 47.1 cm³/mol. The minimum Gasteiger partial charge on any atom is -0.448 e. The van der Waals surface area contributed by atoms with E-state index in [0.29, 0.717) is 11.8 Å². The highest BCUT2D eigenvalue weighted by atomic mass is 35.5. The molecule has 1 atom stereocenters. The van der Waals surface area contributed by atoms with Crippen molar-refractivity contribution in [1.82, 2.24) is 5.32 Å². The summed E-state index contributed by atoms with van der Waals surface area (Å²) in [7, 11) is 0. The molecule has 0 spiro atoms. The van der Waals surface area contributed by atoms with Crippen molar-refractivity contribution in [2.75, 3.05) is 6.61 Å². The van der Waals surface area contributed by atoms with E-state index in [1.54, 1.807) is 12.1 Å². The van der Waals surface area contributed by atoms with Crippen LogP contribution in [-0.2, 0) is 6.54 Å². The molecule has 1 aromatic rings. The molecule has 68 valence electrons. The molecule has 0 saturated heterocycles. The van der Waals surface area contributed by atoms with Gasteiger partial charge in [0.25, 0.3) is 0 Å². The summed E-state index contributed by atoms with van der Waals surface area (Å²) >= 11 is 5.57. The van der Waals surface area contributed by atoms with Crippen molar-refractivity contribution >= 4 is 11.6 Å². The first-order valence-electron chi connectivity index (χ1n) is 3.81. The van der Waals surface area contributed by atoms with Crippen LogP contribution in [0, 0.1) is 0 Å². The summed E-state index contributed by atoms with van der Waals surface area (Å²) in [6.07, 6.45) is 0. The highest BCUT2D eigenvalue weighted by Gasteiger charge is 2.01. The number of nitrogens with one attached hydrogen (secondary N) is 1. The van der Waals surface area contributed by atoms with Gasteiger partial charge in [-0.2, -0.15) is 0 Å². The van der Waals surface area contributed by atoms with Crippen LogP contribution in [-0.4, -0.2) is 17.8 Å². The molecule has 1 rings (SSSR count). The standard InChI is InChI=1S/C8H12ClNO2/c1-6(5-11)10-4-7-2-3-8(9)12-7/h2-3,6,10-11H,4-5H2,1H3/t6-/m1/s1. The van der Waals surface area contributed by atoms with Crippen LogP contribution >= 0.6 is 11.6 Å². The Balaban J connectivity index is 2.33. The summed E-state index contributed by atoms with van der Waals surface area (Å²) < 4.78 is 5.10. The number of hydrogen-bond acceptors (Lipinski definition) is 3. The van der Waals surface area contributed by atoms with E-state index in [0.717, 1.165) is 5.76 Å². The maximum absolute atomic E-state index is 8.70. The molecule has 1 aromatic heterocycles. The van der Waals surface area contributed by atoms with Crippen molar-refractivity contribution in [3.8, 4) is 0 Å². The van der Waals surface area contributed by atoms with E-state index in [4.69, 9.17) is 21.1 Å². The molecule has 3 nitrogen and oxygen atoms in total. The van der Waals surface area contributed by atoms with Crippen LogP contribution in [0.1, 0.15) is 12.7 Å². The van der Waals surface area contributed by atoms with Gasteiger partial charge in [0.05, 0.1) is 13.2 Å². The molecule has 12 heavy (non-hydrogen) atoms. The second kappa shape index (κ2) is 4.50. The fourth-order valence-corrected chi connectivity index (χ4v) is 0.948. The van der Waals surface area contributed by atoms with Crippen LogP contribution in [0.4, 0.5) is 0 Å². The fourth-order valence-electron chi connectivity index (χ4n) is 0.786. The monoisotopic (exact) mass is 189 g/mol. The number of halogens is 1. The summed E-state index contributed by atoms with van der Waals surface area (Å²) in [6, 6.07) is 3.58. The van der Waals surface area contributed by atoms with Gasteiger partial charge in [-0.3, -0.25) is 0 Å². The zero-order valence-electron chi connectivity index (χ0n) is 6.88. The summed E-state index contributed by atoms with van der Waals surface area (Å²) in [5, 5.41) is 12.2. The summed E-state index contributed by atoms with van der Waals surface area (Å²) in [5.41, 5.74) is 0. The van der Waals surface area contributed by atoms with E-state index in [2.05, 4.69) is 5.32 Å². The SMILES string of the molecule is C[C@H](CO)NCc1ccc(Cl)o1. The molecule has 2 N–H and O–H groups in total. The van der Waals surface area contributed by atoms with E-state index in [-0.39, 0.29) is 12.6 Å². The molecular weight excluding hydrogens is 178 g/mol. The van der Waals surface area contributed by atoms with Gasteiger partial charge in [0.1, 0.15) is 5.76 Å². The van der Waals surface area contributed by atoms with Gasteiger partial charge in [-0.25, -0.2) is 0 Å². The van der Waals surface area contributed by atoms with Gasteiger partial charge in [-0.1, -0.05) is 0 Å². The Morgan fingerprint density at radius 1 is 1.67 bits per heavy atom. The minimum absolute atomic E-state index is 0.0777. The molecule has 4 heteroatoms. The molecule has 0 fully saturated rings. The smallest absolute Gasteiger partial charge is 0.193 e. The van der Waals surface area contributed by atoms with E-state index in [1.165, 1.54) is 0 Å². The van der Waals surface area contributed by atoms with E-state index in [9.17, 15) is 0 Å². The highest BCUT2D eigenvalue weighted by molar-refractivity contribution is 6.28. The largest absolute Gasteiger partial charge is 0.448 e. The average Bonchev–Trinajstić information content (AvgIpc) is 2.47. The third kappa shape index (κ3) is 2.85. The van der Waals surface area contributed by atoms with Crippen LogP contribution in [0.2, 0.25) is 5.22 Å². The van der Waals surface area contributed by atoms with Gasteiger partial charge in [0.2, 0.25) is 0 Å². The van der Waals surface area contributed by atoms with Crippen LogP contribution in [0.5, 0.6) is 0 Å². The molecule has 0 aliphatic rings. The lowest BCUT2D eigenvalue weighted by atomic mass is 10.3. The van der Waals surface area contributed by atoms with Gasteiger partial charge in [0, 0.05) is 6.04 Å². The Hall–Kier alpha value is -0.510. The zero-order chi connectivity index (χ0) is 8.97. The van der Waals surface area contributed by atoms with E-state index in [1.807, 2.05) is 6.92 Å². The molecular formula is C8H12ClNO2. The highest BCUT2D eigenvalue weighted by Crippen LogP contribution is 2.12. The first kappa shape index (κ1) is 9.58. The second-order valence-electron chi connectivity index (χ2n) is 2.67. The predicted octanol–water partition coefficient (Wildman–Crippen LogP) is 1.40. The van der Waals surface area contributed by atoms with Crippen LogP contribution < -0.4 is 5.32 Å². The van der Waals surface area contributed by atoms with Gasteiger partial charge < -0.3 is 14.8 Å². The number of furan rings is 1. The minimum atomic E-state index is 0.0777. The number of aliphatic hydroxyl groups excluding tert-OH is 1. The normalized spacial score (nSPS) is 13.2. The Bertz CT molecular complexity index is 237. The molecule has 1 heterocycles. The van der Waals surface area contributed by atoms with Crippen molar-refractivity contribution in [3.05, 3.63) is 23.1 Å². The molecule has 0 aliphatic carbocycles. The lowest BCUT2D eigenvalue weighted by Crippen LogP contribution is -2.28. The zero-order valence-corrected chi connectivity index (χ0v) is 7.64. The topological polar surface area (TPSA) is 45.4 Å². The first-order valence-corrected chi connectivity index (χ1v) is 4.18. The van der Waals surface area contributed by atoms with Gasteiger partial charge in [0.15, 0.2) is 5.22 Å². The van der Waals surface area contributed by atoms with Crippen molar-refractivity contribution in [2.24, 2.45) is 0 Å². The summed E-state index contributed by atoms with van der Waals surface area (Å²) in [5.74, 6) is 0.778. The maximum atomic E-state index is 8.70. The lowest BCUT2D eigenvalue weighted by molar-refractivity contribution is 0.248. The molecule has 0 amide bonds. The van der Waals surface area contributed by atoms with E-state index < -0.39 is 0 Å². The maximum Gasteiger partial charge on any atom is 0.193 e. The average molecular weight is 190 g/mol. The van der Waals surface area contributed by atoms with Crippen LogP contribution in [0.3, 0.4) is 0 Å². The fraction of sp³-hybridized carbons (Fsp3) is 0.500. The van der Waals surface area contributed by atoms with Crippen molar-refractivity contribution in [3.63, 3.8) is 0 Å². The quantitative estimate of drug-likeness (QED) is 0.753. The Kier molecular flexibility index (Phi) is 3.59. The lowest BCUT2D eigenvalue weighted by Gasteiger charge is -2.07. The van der Waals surface area contributed by atoms with Crippen molar-refractivity contribution in [1.29, 1.82) is 0 Å². The third-order valence-corrected chi connectivity index (χ3v) is 1.73. The Labute approximate surface area is 76.3 Å². The second-order valence-corrected chi connectivity index (χ2v) is 3.04. The van der Waals surface area contributed by atoms with E-state index >= 15 is 0 Å². The molecule has 0 bridgehead atoms. The van der Waals surface area contributed by atoms with Gasteiger partial charge >= 0.3 is 0 Å².